The van der Waals surface area contributed by atoms with Crippen molar-refractivity contribution in [1.29, 1.82) is 0 Å². The van der Waals surface area contributed by atoms with Gasteiger partial charge in [0.05, 0.1) is 6.20 Å². The first-order valence-corrected chi connectivity index (χ1v) is 10.9. The lowest BCUT2D eigenvalue weighted by Crippen LogP contribution is -1.95. The Morgan fingerprint density at radius 1 is 0.938 bits per heavy atom. The first-order valence-electron chi connectivity index (χ1n) is 10.9. The molecule has 162 valence electrons. The Hall–Kier alpha value is -3.73. The van der Waals surface area contributed by atoms with E-state index < -0.39 is 0 Å². The molecule has 0 bridgehead atoms. The van der Waals surface area contributed by atoms with Crippen molar-refractivity contribution in [2.45, 2.75) is 33.6 Å². The van der Waals surface area contributed by atoms with Gasteiger partial charge in [0.15, 0.2) is 11.5 Å². The molecule has 4 rings (SSSR count). The van der Waals surface area contributed by atoms with Crippen LogP contribution in [0, 0.1) is 0 Å². The monoisotopic (exact) mass is 424 g/mol. The Labute approximate surface area is 188 Å². The molecule has 4 aromatic rings. The normalized spacial score (nSPS) is 12.0. The second-order valence-corrected chi connectivity index (χ2v) is 8.11. The molecule has 32 heavy (non-hydrogen) atoms. The summed E-state index contributed by atoms with van der Waals surface area (Å²) in [5, 5.41) is 15.2. The lowest BCUT2D eigenvalue weighted by Gasteiger charge is -2.05. The molecule has 5 heteroatoms. The highest BCUT2D eigenvalue weighted by Gasteiger charge is 2.07. The second kappa shape index (κ2) is 10.1. The van der Waals surface area contributed by atoms with E-state index in [1.807, 2.05) is 66.9 Å². The standard InChI is InChI=1S/C27H28N4O/c1-20(2)7-6-8-21(3)17-18-32-24-14-11-22(12-15-24)13-16-26-29-30-27-25-10-5-4-9-23(25)19-28-31(26)27/h4-5,7,9-17,19H,6,8,18H2,1-3H3/b16-13+,21-17+. The van der Waals surface area contributed by atoms with Crippen LogP contribution in [0.1, 0.15) is 45.0 Å². The first-order chi connectivity index (χ1) is 15.6. The van der Waals surface area contributed by atoms with Gasteiger partial charge in [0, 0.05) is 10.8 Å². The van der Waals surface area contributed by atoms with Crippen molar-refractivity contribution in [1.82, 2.24) is 19.8 Å². The summed E-state index contributed by atoms with van der Waals surface area (Å²) >= 11 is 0. The van der Waals surface area contributed by atoms with Crippen LogP contribution < -0.4 is 4.74 Å². The van der Waals surface area contributed by atoms with Crippen LogP contribution >= 0.6 is 0 Å². The fraction of sp³-hybridized carbons (Fsp3) is 0.222. The Morgan fingerprint density at radius 2 is 1.75 bits per heavy atom. The van der Waals surface area contributed by atoms with E-state index in [1.54, 1.807) is 4.52 Å². The SMILES string of the molecule is CC(C)=CCC/C(C)=C/COc1ccc(/C=C/c2nnc3c4ccccc4cnn23)cc1. The Morgan fingerprint density at radius 3 is 2.56 bits per heavy atom. The Bertz CT molecular complexity index is 1290. The van der Waals surface area contributed by atoms with Gasteiger partial charge in [0.1, 0.15) is 12.4 Å². The van der Waals surface area contributed by atoms with Crippen molar-refractivity contribution in [3.8, 4) is 5.75 Å². The van der Waals surface area contributed by atoms with Gasteiger partial charge in [-0.05, 0) is 63.5 Å². The van der Waals surface area contributed by atoms with Gasteiger partial charge in [0.2, 0.25) is 0 Å². The van der Waals surface area contributed by atoms with Crippen LogP contribution in [0.3, 0.4) is 0 Å². The van der Waals surface area contributed by atoms with E-state index in [-0.39, 0.29) is 0 Å². The van der Waals surface area contributed by atoms with E-state index in [0.717, 1.165) is 40.6 Å². The van der Waals surface area contributed by atoms with Crippen LogP contribution in [0.4, 0.5) is 0 Å². The lowest BCUT2D eigenvalue weighted by molar-refractivity contribution is 0.361. The molecule has 0 spiro atoms. The molecule has 2 aromatic carbocycles. The largest absolute Gasteiger partial charge is 0.490 e. The molecule has 2 aromatic heterocycles. The summed E-state index contributed by atoms with van der Waals surface area (Å²) in [6, 6.07) is 16.1. The summed E-state index contributed by atoms with van der Waals surface area (Å²) in [6.07, 6.45) is 12.3. The van der Waals surface area contributed by atoms with Gasteiger partial charge in [-0.3, -0.25) is 0 Å². The fourth-order valence-electron chi connectivity index (χ4n) is 3.43. The third-order valence-corrected chi connectivity index (χ3v) is 5.26. The van der Waals surface area contributed by atoms with E-state index in [0.29, 0.717) is 12.4 Å². The molecule has 0 aliphatic carbocycles. The van der Waals surface area contributed by atoms with Crippen molar-refractivity contribution < 1.29 is 4.74 Å². The number of rotatable bonds is 8. The molecule has 0 aliphatic heterocycles. The average Bonchev–Trinajstić information content (AvgIpc) is 3.22. The zero-order valence-electron chi connectivity index (χ0n) is 18.8. The molecule has 0 fully saturated rings. The van der Waals surface area contributed by atoms with Gasteiger partial charge < -0.3 is 4.74 Å². The van der Waals surface area contributed by atoms with E-state index in [1.165, 1.54) is 11.1 Å². The van der Waals surface area contributed by atoms with E-state index in [9.17, 15) is 0 Å². The van der Waals surface area contributed by atoms with E-state index >= 15 is 0 Å². The predicted molar refractivity (Wildman–Crippen MR) is 132 cm³/mol. The smallest absolute Gasteiger partial charge is 0.186 e. The highest BCUT2D eigenvalue weighted by molar-refractivity contribution is 5.93. The van der Waals surface area contributed by atoms with Crippen LogP contribution in [0.25, 0.3) is 28.6 Å². The molecule has 0 atom stereocenters. The van der Waals surface area contributed by atoms with Crippen LogP contribution in [0.15, 0.2) is 78.0 Å². The Kier molecular flexibility index (Phi) is 6.75. The zero-order valence-corrected chi connectivity index (χ0v) is 18.8. The van der Waals surface area contributed by atoms with Crippen molar-refractivity contribution >= 4 is 28.6 Å². The third-order valence-electron chi connectivity index (χ3n) is 5.26. The lowest BCUT2D eigenvalue weighted by atomic mass is 10.1. The topological polar surface area (TPSA) is 52.3 Å². The maximum atomic E-state index is 5.86. The van der Waals surface area contributed by atoms with Gasteiger partial charge in [-0.2, -0.15) is 9.61 Å². The molecule has 0 saturated carbocycles. The summed E-state index contributed by atoms with van der Waals surface area (Å²) in [6.45, 7) is 7.01. The molecule has 0 radical (unpaired) electrons. The average molecular weight is 425 g/mol. The fourth-order valence-corrected chi connectivity index (χ4v) is 3.43. The third kappa shape index (κ3) is 5.30. The van der Waals surface area contributed by atoms with Crippen molar-refractivity contribution in [2.24, 2.45) is 0 Å². The molecule has 0 aliphatic rings. The van der Waals surface area contributed by atoms with Crippen LogP contribution in [0.5, 0.6) is 5.75 Å². The summed E-state index contributed by atoms with van der Waals surface area (Å²) in [5.74, 6) is 1.55. The van der Waals surface area contributed by atoms with Crippen molar-refractivity contribution in [2.75, 3.05) is 6.61 Å². The van der Waals surface area contributed by atoms with E-state index in [2.05, 4.69) is 48.2 Å². The minimum Gasteiger partial charge on any atom is -0.490 e. The van der Waals surface area contributed by atoms with Gasteiger partial charge in [-0.1, -0.05) is 59.7 Å². The second-order valence-electron chi connectivity index (χ2n) is 8.11. The summed E-state index contributed by atoms with van der Waals surface area (Å²) < 4.78 is 7.62. The number of hydrogen-bond donors (Lipinski definition) is 0. The maximum absolute atomic E-state index is 5.86. The summed E-state index contributed by atoms with van der Waals surface area (Å²) in [7, 11) is 0. The molecule has 0 unspecified atom stereocenters. The summed E-state index contributed by atoms with van der Waals surface area (Å²) in [5.41, 5.74) is 4.54. The minimum atomic E-state index is 0.585. The number of ether oxygens (including phenoxy) is 1. The van der Waals surface area contributed by atoms with Crippen LogP contribution in [-0.4, -0.2) is 26.4 Å². The van der Waals surface area contributed by atoms with Crippen LogP contribution in [-0.2, 0) is 0 Å². The highest BCUT2D eigenvalue weighted by atomic mass is 16.5. The quantitative estimate of drug-likeness (QED) is 0.302. The predicted octanol–water partition coefficient (Wildman–Crippen LogP) is 6.52. The van der Waals surface area contributed by atoms with Gasteiger partial charge in [0.25, 0.3) is 0 Å². The number of benzene rings is 2. The van der Waals surface area contributed by atoms with Crippen LogP contribution in [0.2, 0.25) is 0 Å². The van der Waals surface area contributed by atoms with Crippen molar-refractivity contribution in [3.05, 3.63) is 89.4 Å². The number of allylic oxidation sites excluding steroid dienone is 3. The molecular formula is C27H28N4O. The first kappa shape index (κ1) is 21.5. The molecule has 0 saturated heterocycles. The Balaban J connectivity index is 1.37. The van der Waals surface area contributed by atoms with Gasteiger partial charge in [-0.15, -0.1) is 10.2 Å². The molecular weight excluding hydrogens is 396 g/mol. The maximum Gasteiger partial charge on any atom is 0.186 e. The number of aromatic nitrogens is 4. The number of fused-ring (bicyclic) bond motifs is 3. The molecule has 2 heterocycles. The minimum absolute atomic E-state index is 0.585. The number of hydrogen-bond acceptors (Lipinski definition) is 4. The van der Waals surface area contributed by atoms with Crippen molar-refractivity contribution in [3.63, 3.8) is 0 Å². The molecule has 0 amide bonds. The zero-order chi connectivity index (χ0) is 22.3. The van der Waals surface area contributed by atoms with Gasteiger partial charge >= 0.3 is 0 Å². The van der Waals surface area contributed by atoms with Gasteiger partial charge in [-0.25, -0.2) is 0 Å². The molecule has 5 nitrogen and oxygen atoms in total. The highest BCUT2D eigenvalue weighted by Crippen LogP contribution is 2.19. The molecule has 0 N–H and O–H groups in total. The summed E-state index contributed by atoms with van der Waals surface area (Å²) in [4.78, 5) is 0. The van der Waals surface area contributed by atoms with E-state index in [4.69, 9.17) is 4.74 Å². The number of nitrogens with zero attached hydrogens (tertiary/aromatic N) is 4.